The Morgan fingerprint density at radius 2 is 1.72 bits per heavy atom. The molecular weight excluding hydrogens is 337 g/mol. The summed E-state index contributed by atoms with van der Waals surface area (Å²) in [7, 11) is 1.22. The van der Waals surface area contributed by atoms with Crippen molar-refractivity contribution in [3.63, 3.8) is 0 Å². The third kappa shape index (κ3) is 4.50. The molecule has 0 unspecified atom stereocenters. The summed E-state index contributed by atoms with van der Waals surface area (Å²) in [5, 5.41) is 5.05. The Morgan fingerprint density at radius 3 is 2.44 bits per heavy atom. The Bertz CT molecular complexity index is 797. The molecular formula is C17H15F3N2O3. The van der Waals surface area contributed by atoms with E-state index in [-0.39, 0.29) is 29.9 Å². The lowest BCUT2D eigenvalue weighted by molar-refractivity contribution is -0.115. The molecule has 0 atom stereocenters. The van der Waals surface area contributed by atoms with Gasteiger partial charge in [-0.2, -0.15) is 0 Å². The number of rotatable bonds is 6. The van der Waals surface area contributed by atoms with Gasteiger partial charge >= 0.3 is 5.97 Å². The smallest absolute Gasteiger partial charge is 0.339 e. The number of nitrogens with one attached hydrogen (secondary N) is 2. The van der Waals surface area contributed by atoms with E-state index in [2.05, 4.69) is 15.4 Å². The predicted octanol–water partition coefficient (Wildman–Crippen LogP) is 3.33. The van der Waals surface area contributed by atoms with E-state index in [4.69, 9.17) is 0 Å². The zero-order valence-corrected chi connectivity index (χ0v) is 13.2. The molecule has 2 aromatic rings. The van der Waals surface area contributed by atoms with Gasteiger partial charge in [0, 0.05) is 13.0 Å². The van der Waals surface area contributed by atoms with E-state index < -0.39 is 29.3 Å². The Balaban J connectivity index is 1.94. The van der Waals surface area contributed by atoms with Crippen molar-refractivity contribution in [1.29, 1.82) is 0 Å². The first-order valence-corrected chi connectivity index (χ1v) is 7.28. The number of amides is 1. The largest absolute Gasteiger partial charge is 0.465 e. The second-order valence-corrected chi connectivity index (χ2v) is 4.99. The van der Waals surface area contributed by atoms with Gasteiger partial charge in [0.15, 0.2) is 17.5 Å². The van der Waals surface area contributed by atoms with Gasteiger partial charge < -0.3 is 15.4 Å². The number of carbonyl (C=O) groups is 2. The maximum absolute atomic E-state index is 13.5. The van der Waals surface area contributed by atoms with E-state index in [9.17, 15) is 22.8 Å². The fraction of sp³-hybridized carbons (Fsp3) is 0.176. The van der Waals surface area contributed by atoms with Gasteiger partial charge in [0.25, 0.3) is 0 Å². The predicted molar refractivity (Wildman–Crippen MR) is 85.8 cm³/mol. The number of para-hydroxylation sites is 1. The highest BCUT2D eigenvalue weighted by Gasteiger charge is 2.15. The number of halogens is 3. The zero-order valence-electron chi connectivity index (χ0n) is 13.2. The van der Waals surface area contributed by atoms with Gasteiger partial charge in [-0.05, 0) is 24.3 Å². The molecule has 0 radical (unpaired) electrons. The third-order valence-corrected chi connectivity index (χ3v) is 3.31. The normalized spacial score (nSPS) is 10.2. The summed E-state index contributed by atoms with van der Waals surface area (Å²) in [5.74, 6) is -5.28. The van der Waals surface area contributed by atoms with Crippen LogP contribution in [0.2, 0.25) is 0 Å². The molecule has 8 heteroatoms. The van der Waals surface area contributed by atoms with Crippen LogP contribution in [0.3, 0.4) is 0 Å². The van der Waals surface area contributed by atoms with Crippen LogP contribution in [0.5, 0.6) is 0 Å². The van der Waals surface area contributed by atoms with Crippen LogP contribution in [-0.2, 0) is 9.53 Å². The maximum Gasteiger partial charge on any atom is 0.339 e. The SMILES string of the molecule is COC(=O)c1ccccc1NC(=O)CCNc1ccc(F)c(F)c1F. The summed E-state index contributed by atoms with van der Waals surface area (Å²) in [6.07, 6.45) is -0.0893. The summed E-state index contributed by atoms with van der Waals surface area (Å²) in [6, 6.07) is 8.11. The van der Waals surface area contributed by atoms with E-state index in [0.717, 1.165) is 12.1 Å². The van der Waals surface area contributed by atoms with Crippen LogP contribution in [0, 0.1) is 17.5 Å². The summed E-state index contributed by atoms with van der Waals surface area (Å²) in [4.78, 5) is 23.6. The molecule has 2 rings (SSSR count). The Kier molecular flexibility index (Phi) is 5.99. The lowest BCUT2D eigenvalue weighted by atomic mass is 10.1. The summed E-state index contributed by atoms with van der Waals surface area (Å²) in [6.45, 7) is -0.0196. The summed E-state index contributed by atoms with van der Waals surface area (Å²) in [5.41, 5.74) is 0.220. The molecule has 0 heterocycles. The van der Waals surface area contributed by atoms with Crippen molar-refractivity contribution >= 4 is 23.3 Å². The lowest BCUT2D eigenvalue weighted by Crippen LogP contribution is -2.18. The average molecular weight is 352 g/mol. The van der Waals surface area contributed by atoms with E-state index in [1.807, 2.05) is 0 Å². The third-order valence-electron chi connectivity index (χ3n) is 3.31. The van der Waals surface area contributed by atoms with Gasteiger partial charge in [-0.1, -0.05) is 12.1 Å². The lowest BCUT2D eigenvalue weighted by Gasteiger charge is -2.11. The number of hydrogen-bond donors (Lipinski definition) is 2. The fourth-order valence-corrected chi connectivity index (χ4v) is 2.07. The van der Waals surface area contributed by atoms with Crippen LogP contribution < -0.4 is 10.6 Å². The van der Waals surface area contributed by atoms with Crippen molar-refractivity contribution in [2.24, 2.45) is 0 Å². The number of carbonyl (C=O) groups excluding carboxylic acids is 2. The minimum atomic E-state index is -1.58. The van der Waals surface area contributed by atoms with Crippen LogP contribution in [-0.4, -0.2) is 25.5 Å². The molecule has 0 aromatic heterocycles. The number of esters is 1. The highest BCUT2D eigenvalue weighted by atomic mass is 19.2. The second kappa shape index (κ2) is 8.18. The van der Waals surface area contributed by atoms with Crippen molar-refractivity contribution in [3.05, 3.63) is 59.4 Å². The molecule has 0 fully saturated rings. The van der Waals surface area contributed by atoms with Crippen molar-refractivity contribution in [3.8, 4) is 0 Å². The molecule has 2 N–H and O–H groups in total. The number of benzene rings is 2. The number of anilines is 2. The fourth-order valence-electron chi connectivity index (χ4n) is 2.07. The minimum Gasteiger partial charge on any atom is -0.465 e. The molecule has 0 aliphatic rings. The standard InChI is InChI=1S/C17H15F3N2O3/c1-25-17(24)10-4-2-3-5-12(10)22-14(23)8-9-21-13-7-6-11(18)15(19)16(13)20/h2-7,21H,8-9H2,1H3,(H,22,23). The van der Waals surface area contributed by atoms with Gasteiger partial charge in [0.2, 0.25) is 5.91 Å². The molecule has 5 nitrogen and oxygen atoms in total. The molecule has 0 aliphatic heterocycles. The van der Waals surface area contributed by atoms with Crippen LogP contribution in [0.4, 0.5) is 24.5 Å². The molecule has 25 heavy (non-hydrogen) atoms. The van der Waals surface area contributed by atoms with Crippen molar-refractivity contribution < 1.29 is 27.5 Å². The van der Waals surface area contributed by atoms with Gasteiger partial charge in [0.05, 0.1) is 24.0 Å². The van der Waals surface area contributed by atoms with Crippen LogP contribution >= 0.6 is 0 Å². The quantitative estimate of drug-likeness (QED) is 0.618. The molecule has 0 spiro atoms. The summed E-state index contributed by atoms with van der Waals surface area (Å²) >= 11 is 0. The van der Waals surface area contributed by atoms with Gasteiger partial charge in [-0.25, -0.2) is 18.0 Å². The van der Waals surface area contributed by atoms with E-state index in [1.54, 1.807) is 12.1 Å². The Hall–Kier alpha value is -3.03. The summed E-state index contributed by atoms with van der Waals surface area (Å²) < 4.78 is 44.1. The number of hydrogen-bond acceptors (Lipinski definition) is 4. The molecule has 0 aliphatic carbocycles. The number of ether oxygens (including phenoxy) is 1. The molecule has 0 saturated heterocycles. The first-order valence-electron chi connectivity index (χ1n) is 7.28. The van der Waals surface area contributed by atoms with E-state index >= 15 is 0 Å². The van der Waals surface area contributed by atoms with E-state index in [1.165, 1.54) is 19.2 Å². The van der Waals surface area contributed by atoms with Crippen molar-refractivity contribution in [2.75, 3.05) is 24.3 Å². The maximum atomic E-state index is 13.5. The zero-order chi connectivity index (χ0) is 18.4. The number of methoxy groups -OCH3 is 1. The average Bonchev–Trinajstić information content (AvgIpc) is 2.61. The van der Waals surface area contributed by atoms with Crippen molar-refractivity contribution in [1.82, 2.24) is 0 Å². The molecule has 0 saturated carbocycles. The van der Waals surface area contributed by atoms with Crippen LogP contribution in [0.15, 0.2) is 36.4 Å². The van der Waals surface area contributed by atoms with Crippen LogP contribution in [0.1, 0.15) is 16.8 Å². The highest BCUT2D eigenvalue weighted by molar-refractivity contribution is 6.01. The first-order chi connectivity index (χ1) is 11.9. The minimum absolute atomic E-state index is 0.0196. The molecule has 1 amide bonds. The molecule has 132 valence electrons. The highest BCUT2D eigenvalue weighted by Crippen LogP contribution is 2.20. The van der Waals surface area contributed by atoms with E-state index in [0.29, 0.717) is 0 Å². The Labute approximate surface area is 141 Å². The van der Waals surface area contributed by atoms with Gasteiger partial charge in [-0.3, -0.25) is 4.79 Å². The van der Waals surface area contributed by atoms with Crippen LogP contribution in [0.25, 0.3) is 0 Å². The molecule has 2 aromatic carbocycles. The first kappa shape index (κ1) is 18.3. The molecule has 0 bridgehead atoms. The van der Waals surface area contributed by atoms with Gasteiger partial charge in [-0.15, -0.1) is 0 Å². The Morgan fingerprint density at radius 1 is 1.00 bits per heavy atom. The monoisotopic (exact) mass is 352 g/mol. The topological polar surface area (TPSA) is 67.4 Å². The van der Waals surface area contributed by atoms with Crippen molar-refractivity contribution in [2.45, 2.75) is 6.42 Å². The van der Waals surface area contributed by atoms with Gasteiger partial charge in [0.1, 0.15) is 0 Å². The second-order valence-electron chi connectivity index (χ2n) is 4.99.